The lowest BCUT2D eigenvalue weighted by atomic mass is 10.1. The number of nitrogens with one attached hydrogen (secondary N) is 1. The van der Waals surface area contributed by atoms with Crippen LogP contribution in [0.3, 0.4) is 0 Å². The first-order valence-corrected chi connectivity index (χ1v) is 8.55. The molecule has 0 aliphatic carbocycles. The first-order valence-electron chi connectivity index (χ1n) is 7.67. The van der Waals surface area contributed by atoms with Gasteiger partial charge in [-0.2, -0.15) is 0 Å². The molecular weight excluding hydrogens is 336 g/mol. The van der Waals surface area contributed by atoms with Crippen molar-refractivity contribution in [2.75, 3.05) is 5.32 Å². The normalized spacial score (nSPS) is 10.4. The largest absolute Gasteiger partial charge is 0.366 e. The van der Waals surface area contributed by atoms with Crippen molar-refractivity contribution < 1.29 is 9.59 Å². The molecule has 3 aromatic rings. The van der Waals surface area contributed by atoms with Crippen LogP contribution in [0, 0.1) is 0 Å². The zero-order chi connectivity index (χ0) is 17.6. The van der Waals surface area contributed by atoms with Gasteiger partial charge in [0.1, 0.15) is 5.01 Å². The molecule has 3 N–H and O–H groups in total. The fourth-order valence-electron chi connectivity index (χ4n) is 2.31. The number of carbonyl (C=O) groups is 2. The summed E-state index contributed by atoms with van der Waals surface area (Å²) in [7, 11) is 0. The number of hydrogen-bond acceptors (Lipinski definition) is 5. The minimum Gasteiger partial charge on any atom is -0.366 e. The predicted molar refractivity (Wildman–Crippen MR) is 97.3 cm³/mol. The van der Waals surface area contributed by atoms with E-state index in [1.54, 1.807) is 36.7 Å². The van der Waals surface area contributed by atoms with Gasteiger partial charge in [-0.15, -0.1) is 11.3 Å². The van der Waals surface area contributed by atoms with E-state index >= 15 is 0 Å². The molecule has 0 fully saturated rings. The number of aryl methyl sites for hydroxylation is 1. The van der Waals surface area contributed by atoms with Gasteiger partial charge in [-0.1, -0.05) is 12.1 Å². The highest BCUT2D eigenvalue weighted by atomic mass is 32.1. The number of rotatable bonds is 6. The second-order valence-electron chi connectivity index (χ2n) is 5.34. The van der Waals surface area contributed by atoms with Crippen LogP contribution in [-0.2, 0) is 11.2 Å². The van der Waals surface area contributed by atoms with Crippen LogP contribution in [0.4, 0.5) is 5.69 Å². The van der Waals surface area contributed by atoms with Crippen molar-refractivity contribution in [1.82, 2.24) is 9.97 Å². The molecule has 0 aliphatic rings. The number of nitrogens with zero attached hydrogens (tertiary/aromatic N) is 2. The molecule has 0 saturated heterocycles. The Kier molecular flexibility index (Phi) is 5.15. The summed E-state index contributed by atoms with van der Waals surface area (Å²) in [4.78, 5) is 32.0. The lowest BCUT2D eigenvalue weighted by Gasteiger charge is -2.08. The highest BCUT2D eigenvalue weighted by Gasteiger charge is 2.11. The van der Waals surface area contributed by atoms with Gasteiger partial charge in [0.25, 0.3) is 5.91 Å². The number of benzene rings is 1. The van der Waals surface area contributed by atoms with Gasteiger partial charge >= 0.3 is 0 Å². The van der Waals surface area contributed by atoms with Crippen LogP contribution in [0.25, 0.3) is 10.6 Å². The summed E-state index contributed by atoms with van der Waals surface area (Å²) in [5.41, 5.74) is 7.89. The maximum absolute atomic E-state index is 12.1. The van der Waals surface area contributed by atoms with Gasteiger partial charge in [-0.3, -0.25) is 14.6 Å². The van der Waals surface area contributed by atoms with Crippen LogP contribution in [0.15, 0.2) is 54.2 Å². The summed E-state index contributed by atoms with van der Waals surface area (Å²) in [6.07, 6.45) is 4.23. The molecule has 0 atom stereocenters. The first-order chi connectivity index (χ1) is 12.1. The van der Waals surface area contributed by atoms with Gasteiger partial charge in [0.2, 0.25) is 5.91 Å². The highest BCUT2D eigenvalue weighted by Crippen LogP contribution is 2.23. The summed E-state index contributed by atoms with van der Waals surface area (Å²) in [5.74, 6) is -0.760. The van der Waals surface area contributed by atoms with Gasteiger partial charge in [-0.05, 0) is 30.7 Å². The third kappa shape index (κ3) is 4.27. The number of carbonyl (C=O) groups excluding carboxylic acids is 2. The average molecular weight is 352 g/mol. The molecule has 6 nitrogen and oxygen atoms in total. The van der Waals surface area contributed by atoms with Crippen LogP contribution < -0.4 is 11.1 Å². The van der Waals surface area contributed by atoms with Gasteiger partial charge in [0, 0.05) is 29.8 Å². The van der Waals surface area contributed by atoms with Crippen molar-refractivity contribution in [3.63, 3.8) is 0 Å². The fraction of sp³-hybridized carbons (Fsp3) is 0.111. The minimum absolute atomic E-state index is 0.188. The molecule has 25 heavy (non-hydrogen) atoms. The number of hydrogen-bond donors (Lipinski definition) is 2. The molecule has 126 valence electrons. The summed E-state index contributed by atoms with van der Waals surface area (Å²) < 4.78 is 0. The molecule has 2 aromatic heterocycles. The summed E-state index contributed by atoms with van der Waals surface area (Å²) in [6, 6.07) is 10.5. The summed E-state index contributed by atoms with van der Waals surface area (Å²) >= 11 is 1.53. The van der Waals surface area contributed by atoms with E-state index < -0.39 is 5.91 Å². The first kappa shape index (κ1) is 16.8. The number of thiazole rings is 1. The number of pyridine rings is 1. The van der Waals surface area contributed by atoms with Crippen molar-refractivity contribution in [3.05, 3.63) is 65.4 Å². The average Bonchev–Trinajstić information content (AvgIpc) is 3.10. The minimum atomic E-state index is -0.572. The molecule has 0 aliphatic heterocycles. The van der Waals surface area contributed by atoms with E-state index in [-0.39, 0.29) is 12.3 Å². The number of amides is 2. The predicted octanol–water partition coefficient (Wildman–Crippen LogP) is 2.88. The van der Waals surface area contributed by atoms with Crippen LogP contribution in [0.2, 0.25) is 0 Å². The van der Waals surface area contributed by atoms with E-state index in [0.29, 0.717) is 17.7 Å². The topological polar surface area (TPSA) is 98.0 Å². The molecular formula is C18H16N4O2S. The zero-order valence-corrected chi connectivity index (χ0v) is 14.1. The van der Waals surface area contributed by atoms with E-state index in [1.807, 2.05) is 17.5 Å². The van der Waals surface area contributed by atoms with Crippen molar-refractivity contribution in [3.8, 4) is 10.6 Å². The lowest BCUT2D eigenvalue weighted by molar-refractivity contribution is -0.116. The van der Waals surface area contributed by atoms with Gasteiger partial charge in [0.05, 0.1) is 16.9 Å². The smallest absolute Gasteiger partial charge is 0.250 e. The summed E-state index contributed by atoms with van der Waals surface area (Å²) in [5, 5.41) is 5.57. The number of anilines is 1. The van der Waals surface area contributed by atoms with E-state index in [2.05, 4.69) is 15.3 Å². The number of nitrogens with two attached hydrogens (primary N) is 1. The Hall–Kier alpha value is -3.06. The fourth-order valence-corrected chi connectivity index (χ4v) is 3.17. The van der Waals surface area contributed by atoms with Gasteiger partial charge < -0.3 is 11.1 Å². The number of primary amides is 1. The van der Waals surface area contributed by atoms with E-state index in [0.717, 1.165) is 16.3 Å². The monoisotopic (exact) mass is 352 g/mol. The second kappa shape index (κ2) is 7.67. The third-order valence-electron chi connectivity index (χ3n) is 3.55. The quantitative estimate of drug-likeness (QED) is 0.713. The lowest BCUT2D eigenvalue weighted by Crippen LogP contribution is -2.18. The Morgan fingerprint density at radius 2 is 1.88 bits per heavy atom. The standard InChI is InChI=1S/C18H16N4O2S/c19-17(24)14-3-1-2-4-15(14)22-16(23)6-5-13-11-25-18(21-13)12-7-9-20-10-8-12/h1-4,7-11H,5-6H2,(H2,19,24)(H,22,23). The van der Waals surface area contributed by atoms with Crippen molar-refractivity contribution in [2.45, 2.75) is 12.8 Å². The van der Waals surface area contributed by atoms with Crippen LogP contribution in [0.1, 0.15) is 22.5 Å². The summed E-state index contributed by atoms with van der Waals surface area (Å²) in [6.45, 7) is 0. The molecule has 0 saturated carbocycles. The van der Waals surface area contributed by atoms with Crippen LogP contribution in [-0.4, -0.2) is 21.8 Å². The van der Waals surface area contributed by atoms with E-state index in [9.17, 15) is 9.59 Å². The third-order valence-corrected chi connectivity index (χ3v) is 4.49. The molecule has 2 amide bonds. The molecule has 0 bridgehead atoms. The Balaban J connectivity index is 1.60. The SMILES string of the molecule is NC(=O)c1ccccc1NC(=O)CCc1csc(-c2ccncc2)n1. The molecule has 0 unspecified atom stereocenters. The van der Waals surface area contributed by atoms with Gasteiger partial charge in [0.15, 0.2) is 0 Å². The maximum atomic E-state index is 12.1. The molecule has 2 heterocycles. The number of para-hydroxylation sites is 1. The zero-order valence-electron chi connectivity index (χ0n) is 13.3. The van der Waals surface area contributed by atoms with Crippen molar-refractivity contribution >= 4 is 28.8 Å². The van der Waals surface area contributed by atoms with Crippen LogP contribution in [0.5, 0.6) is 0 Å². The maximum Gasteiger partial charge on any atom is 0.250 e. The van der Waals surface area contributed by atoms with E-state index in [4.69, 9.17) is 5.73 Å². The van der Waals surface area contributed by atoms with Gasteiger partial charge in [-0.25, -0.2) is 4.98 Å². The molecule has 3 rings (SSSR count). The molecule has 7 heteroatoms. The Labute approximate surface area is 148 Å². The number of aromatic nitrogens is 2. The Morgan fingerprint density at radius 3 is 2.64 bits per heavy atom. The van der Waals surface area contributed by atoms with Crippen LogP contribution >= 0.6 is 11.3 Å². The Bertz CT molecular complexity index is 893. The molecule has 0 spiro atoms. The van der Waals surface area contributed by atoms with E-state index in [1.165, 1.54) is 11.3 Å². The second-order valence-corrected chi connectivity index (χ2v) is 6.20. The Morgan fingerprint density at radius 1 is 1.12 bits per heavy atom. The van der Waals surface area contributed by atoms with Crippen molar-refractivity contribution in [1.29, 1.82) is 0 Å². The highest BCUT2D eigenvalue weighted by molar-refractivity contribution is 7.13. The van der Waals surface area contributed by atoms with Crippen molar-refractivity contribution in [2.24, 2.45) is 5.73 Å². The molecule has 1 aromatic carbocycles. The molecule has 0 radical (unpaired) electrons.